The summed E-state index contributed by atoms with van der Waals surface area (Å²) in [5.74, 6) is -0.148. The van der Waals surface area contributed by atoms with Gasteiger partial charge in [-0.25, -0.2) is 9.48 Å². The maximum absolute atomic E-state index is 12.2. The number of fused-ring (bicyclic) bond motifs is 1. The molecule has 4 rings (SSSR count). The van der Waals surface area contributed by atoms with Gasteiger partial charge in [-0.05, 0) is 42.3 Å². The highest BCUT2D eigenvalue weighted by Gasteiger charge is 2.09. The molecular formula is C22H21N5O3. The number of benzene rings is 2. The minimum absolute atomic E-state index is 0.147. The van der Waals surface area contributed by atoms with Gasteiger partial charge in [-0.3, -0.25) is 19.1 Å². The molecule has 2 N–H and O–H groups in total. The number of aryl methyl sites for hydroxylation is 1. The van der Waals surface area contributed by atoms with Crippen molar-refractivity contribution in [1.29, 1.82) is 0 Å². The van der Waals surface area contributed by atoms with E-state index in [0.29, 0.717) is 23.9 Å². The van der Waals surface area contributed by atoms with Gasteiger partial charge in [0.25, 0.3) is 5.56 Å². The Kier molecular flexibility index (Phi) is 5.56. The summed E-state index contributed by atoms with van der Waals surface area (Å²) in [7, 11) is 0. The average Bonchev–Trinajstić information content (AvgIpc) is 3.29. The van der Waals surface area contributed by atoms with E-state index >= 15 is 0 Å². The minimum atomic E-state index is -0.510. The highest BCUT2D eigenvalue weighted by Crippen LogP contribution is 2.09. The first-order valence-corrected chi connectivity index (χ1v) is 9.69. The molecule has 1 amide bonds. The zero-order valence-electron chi connectivity index (χ0n) is 16.2. The van der Waals surface area contributed by atoms with Crippen LogP contribution in [0.4, 0.5) is 0 Å². The minimum Gasteiger partial charge on any atom is -0.356 e. The Labute approximate surface area is 171 Å². The van der Waals surface area contributed by atoms with Gasteiger partial charge in [-0.1, -0.05) is 24.3 Å². The van der Waals surface area contributed by atoms with E-state index in [1.807, 2.05) is 36.5 Å². The third-order valence-corrected chi connectivity index (χ3v) is 4.91. The summed E-state index contributed by atoms with van der Waals surface area (Å²) >= 11 is 0. The van der Waals surface area contributed by atoms with Crippen LogP contribution >= 0.6 is 0 Å². The van der Waals surface area contributed by atoms with Crippen LogP contribution in [0.3, 0.4) is 0 Å². The Morgan fingerprint density at radius 3 is 2.60 bits per heavy atom. The van der Waals surface area contributed by atoms with Crippen LogP contribution in [0.15, 0.2) is 76.6 Å². The van der Waals surface area contributed by atoms with Crippen LogP contribution in [0.2, 0.25) is 0 Å². The van der Waals surface area contributed by atoms with E-state index < -0.39 is 11.2 Å². The number of hydrogen-bond donors (Lipinski definition) is 2. The molecule has 0 aliphatic rings. The van der Waals surface area contributed by atoms with E-state index in [1.54, 1.807) is 35.1 Å². The quantitative estimate of drug-likeness (QED) is 0.490. The molecule has 0 saturated carbocycles. The first-order valence-electron chi connectivity index (χ1n) is 9.69. The fourth-order valence-corrected chi connectivity index (χ4v) is 3.35. The molecule has 0 radical (unpaired) electrons. The molecule has 0 bridgehead atoms. The second kappa shape index (κ2) is 8.60. The summed E-state index contributed by atoms with van der Waals surface area (Å²) < 4.78 is 3.21. The largest absolute Gasteiger partial charge is 0.356 e. The molecule has 0 atom stereocenters. The Bertz CT molecular complexity index is 1270. The van der Waals surface area contributed by atoms with Crippen LogP contribution in [0, 0.1) is 0 Å². The number of carbonyl (C=O) groups excluding carboxylic acids is 1. The van der Waals surface area contributed by atoms with Crippen molar-refractivity contribution in [2.45, 2.75) is 19.4 Å². The Morgan fingerprint density at radius 2 is 1.83 bits per heavy atom. The lowest BCUT2D eigenvalue weighted by molar-refractivity contribution is -0.121. The number of nitrogens with one attached hydrogen (secondary N) is 2. The predicted octanol–water partition coefficient (Wildman–Crippen LogP) is 1.62. The van der Waals surface area contributed by atoms with Gasteiger partial charge in [-0.15, -0.1) is 0 Å². The van der Waals surface area contributed by atoms with Crippen LogP contribution < -0.4 is 16.6 Å². The van der Waals surface area contributed by atoms with E-state index in [2.05, 4.69) is 15.4 Å². The van der Waals surface area contributed by atoms with Gasteiger partial charge >= 0.3 is 5.69 Å². The number of para-hydroxylation sites is 1. The van der Waals surface area contributed by atoms with Crippen molar-refractivity contribution in [2.75, 3.05) is 6.54 Å². The zero-order chi connectivity index (χ0) is 20.9. The van der Waals surface area contributed by atoms with Gasteiger partial charge in [0.2, 0.25) is 5.91 Å². The fourth-order valence-electron chi connectivity index (χ4n) is 3.35. The predicted molar refractivity (Wildman–Crippen MR) is 114 cm³/mol. The van der Waals surface area contributed by atoms with Gasteiger partial charge in [0.05, 0.1) is 16.6 Å². The number of H-pyrrole nitrogens is 1. The van der Waals surface area contributed by atoms with Gasteiger partial charge in [0.1, 0.15) is 0 Å². The van der Waals surface area contributed by atoms with Crippen molar-refractivity contribution in [3.8, 4) is 5.69 Å². The third-order valence-electron chi connectivity index (χ3n) is 4.91. The molecule has 4 aromatic rings. The van der Waals surface area contributed by atoms with E-state index in [0.717, 1.165) is 11.3 Å². The number of aromatic amines is 1. The summed E-state index contributed by atoms with van der Waals surface area (Å²) in [6, 6.07) is 16.7. The van der Waals surface area contributed by atoms with Gasteiger partial charge in [0, 0.05) is 31.9 Å². The van der Waals surface area contributed by atoms with Gasteiger partial charge in [-0.2, -0.15) is 5.10 Å². The van der Waals surface area contributed by atoms with Crippen LogP contribution in [0.5, 0.6) is 0 Å². The maximum Gasteiger partial charge on any atom is 0.328 e. The monoisotopic (exact) mass is 403 g/mol. The van der Waals surface area contributed by atoms with Crippen LogP contribution in [-0.4, -0.2) is 31.8 Å². The van der Waals surface area contributed by atoms with Crippen molar-refractivity contribution in [3.63, 3.8) is 0 Å². The molecule has 0 spiro atoms. The van der Waals surface area contributed by atoms with Gasteiger partial charge in [0.15, 0.2) is 0 Å². The summed E-state index contributed by atoms with van der Waals surface area (Å²) in [6.45, 7) is 0.696. The summed E-state index contributed by atoms with van der Waals surface area (Å²) in [6.07, 6.45) is 4.46. The molecule has 8 heteroatoms. The molecular weight excluding hydrogens is 382 g/mol. The highest BCUT2D eigenvalue weighted by molar-refractivity contribution is 5.78. The Hall–Kier alpha value is -3.94. The normalized spacial score (nSPS) is 10.9. The maximum atomic E-state index is 12.2. The number of hydrogen-bond acceptors (Lipinski definition) is 4. The molecule has 2 aromatic heterocycles. The molecule has 0 unspecified atom stereocenters. The summed E-state index contributed by atoms with van der Waals surface area (Å²) in [5.41, 5.74) is 1.68. The number of rotatable bonds is 7. The smallest absolute Gasteiger partial charge is 0.328 e. The molecule has 0 fully saturated rings. The second-order valence-corrected chi connectivity index (χ2v) is 6.90. The topological polar surface area (TPSA) is 102 Å². The molecule has 2 aromatic carbocycles. The van der Waals surface area contributed by atoms with E-state index in [4.69, 9.17) is 0 Å². The van der Waals surface area contributed by atoms with E-state index in [1.165, 1.54) is 4.57 Å². The Balaban J connectivity index is 1.31. The lowest BCUT2D eigenvalue weighted by Crippen LogP contribution is -2.33. The van der Waals surface area contributed by atoms with Crippen molar-refractivity contribution >= 4 is 16.8 Å². The fraction of sp³-hybridized carbons (Fsp3) is 0.182. The second-order valence-electron chi connectivity index (χ2n) is 6.90. The summed E-state index contributed by atoms with van der Waals surface area (Å²) in [5, 5.41) is 7.50. The van der Waals surface area contributed by atoms with Crippen LogP contribution in [0.1, 0.15) is 12.0 Å². The SMILES string of the molecule is O=C(CCn1c(=O)[nH]c(=O)c2ccccc21)NCCc1ccc(-n2cccn2)cc1. The molecule has 0 aliphatic carbocycles. The van der Waals surface area contributed by atoms with E-state index in [9.17, 15) is 14.4 Å². The number of carbonyl (C=O) groups is 1. The number of amides is 1. The van der Waals surface area contributed by atoms with Crippen molar-refractivity contribution in [2.24, 2.45) is 0 Å². The highest BCUT2D eigenvalue weighted by atomic mass is 16.2. The van der Waals surface area contributed by atoms with E-state index in [-0.39, 0.29) is 18.9 Å². The van der Waals surface area contributed by atoms with Gasteiger partial charge < -0.3 is 5.32 Å². The van der Waals surface area contributed by atoms with Crippen molar-refractivity contribution < 1.29 is 4.79 Å². The molecule has 0 saturated heterocycles. The summed E-state index contributed by atoms with van der Waals surface area (Å²) in [4.78, 5) is 38.6. The molecule has 30 heavy (non-hydrogen) atoms. The number of aromatic nitrogens is 4. The lowest BCUT2D eigenvalue weighted by atomic mass is 10.1. The first kappa shape index (κ1) is 19.4. The van der Waals surface area contributed by atoms with Crippen molar-refractivity contribution in [3.05, 3.63) is 93.4 Å². The van der Waals surface area contributed by atoms with Crippen LogP contribution in [-0.2, 0) is 17.8 Å². The molecule has 8 nitrogen and oxygen atoms in total. The van der Waals surface area contributed by atoms with Crippen molar-refractivity contribution in [1.82, 2.24) is 24.6 Å². The molecule has 0 aliphatic heterocycles. The third kappa shape index (κ3) is 4.22. The average molecular weight is 403 g/mol. The molecule has 2 heterocycles. The molecule has 152 valence electrons. The standard InChI is InChI=1S/C22H21N5O3/c28-20(11-15-26-19-5-2-1-4-18(19)21(29)25-22(26)30)23-13-10-16-6-8-17(9-7-16)27-14-3-12-24-27/h1-9,12,14H,10-11,13,15H2,(H,23,28)(H,25,29,30). The lowest BCUT2D eigenvalue weighted by Gasteiger charge is -2.10. The number of nitrogens with zero attached hydrogens (tertiary/aromatic N) is 3. The van der Waals surface area contributed by atoms with Crippen LogP contribution in [0.25, 0.3) is 16.6 Å². The first-order chi connectivity index (χ1) is 14.6. The Morgan fingerprint density at radius 1 is 1.03 bits per heavy atom. The zero-order valence-corrected chi connectivity index (χ0v) is 16.2.